The molecule has 2 rings (SSSR count). The van der Waals surface area contributed by atoms with E-state index < -0.39 is 6.10 Å². The van der Waals surface area contributed by atoms with Crippen LogP contribution in [0.1, 0.15) is 24.2 Å². The van der Waals surface area contributed by atoms with E-state index in [1.54, 1.807) is 18.7 Å². The fraction of sp³-hybridized carbons (Fsp3) is 0.214. The number of rotatable bonds is 4. The minimum atomic E-state index is -0.394. The normalized spacial score (nSPS) is 12.4. The van der Waals surface area contributed by atoms with E-state index in [-0.39, 0.29) is 0 Å². The Bertz CT molecular complexity index is 453. The third-order valence-corrected chi connectivity index (χ3v) is 3.60. The van der Waals surface area contributed by atoms with Crippen molar-refractivity contribution >= 4 is 11.8 Å². The molecule has 1 aromatic heterocycles. The fourth-order valence-electron chi connectivity index (χ4n) is 1.49. The molecule has 0 bridgehead atoms. The van der Waals surface area contributed by atoms with Crippen LogP contribution in [-0.4, -0.2) is 10.1 Å². The van der Waals surface area contributed by atoms with Gasteiger partial charge in [0.2, 0.25) is 0 Å². The first kappa shape index (κ1) is 12.1. The number of aliphatic hydroxyl groups is 1. The molecule has 2 aromatic rings. The summed E-state index contributed by atoms with van der Waals surface area (Å²) in [6, 6.07) is 12.1. The lowest BCUT2D eigenvalue weighted by atomic mass is 10.1. The summed E-state index contributed by atoms with van der Waals surface area (Å²) in [7, 11) is 0. The molecule has 0 fully saturated rings. The van der Waals surface area contributed by atoms with Gasteiger partial charge in [-0.2, -0.15) is 0 Å². The highest BCUT2D eigenvalue weighted by Gasteiger charge is 2.00. The molecule has 2 nitrogen and oxygen atoms in total. The predicted molar refractivity (Wildman–Crippen MR) is 70.9 cm³/mol. The maximum Gasteiger partial charge on any atom is 0.0761 e. The van der Waals surface area contributed by atoms with Gasteiger partial charge in [-0.25, -0.2) is 0 Å². The van der Waals surface area contributed by atoms with Gasteiger partial charge in [0.25, 0.3) is 0 Å². The second-order valence-corrected chi connectivity index (χ2v) is 4.94. The average Bonchev–Trinajstić information content (AvgIpc) is 2.38. The molecule has 0 saturated heterocycles. The van der Waals surface area contributed by atoms with E-state index in [1.807, 2.05) is 48.8 Å². The average molecular weight is 245 g/mol. The molecule has 17 heavy (non-hydrogen) atoms. The Kier molecular flexibility index (Phi) is 4.18. The van der Waals surface area contributed by atoms with E-state index in [2.05, 4.69) is 4.98 Å². The quantitative estimate of drug-likeness (QED) is 0.838. The number of aliphatic hydroxyl groups excluding tert-OH is 1. The van der Waals surface area contributed by atoms with Gasteiger partial charge in [-0.15, -0.1) is 11.8 Å². The number of aromatic nitrogens is 1. The van der Waals surface area contributed by atoms with Crippen LogP contribution in [0.4, 0.5) is 0 Å². The standard InChI is InChI=1S/C14H15NOS/c1-11(16)13-2-4-14(5-3-13)17-10-12-6-8-15-9-7-12/h2-9,11,16H,10H2,1H3. The smallest absolute Gasteiger partial charge is 0.0761 e. The molecule has 0 spiro atoms. The maximum atomic E-state index is 9.41. The van der Waals surface area contributed by atoms with Crippen molar-refractivity contribution in [1.29, 1.82) is 0 Å². The van der Waals surface area contributed by atoms with Gasteiger partial charge in [-0.1, -0.05) is 12.1 Å². The van der Waals surface area contributed by atoms with Crippen LogP contribution in [0.15, 0.2) is 53.7 Å². The van der Waals surface area contributed by atoms with Crippen LogP contribution in [0.2, 0.25) is 0 Å². The van der Waals surface area contributed by atoms with Crippen LogP contribution in [0.5, 0.6) is 0 Å². The van der Waals surface area contributed by atoms with Crippen molar-refractivity contribution in [2.75, 3.05) is 0 Å². The van der Waals surface area contributed by atoms with Gasteiger partial charge in [-0.3, -0.25) is 4.98 Å². The molecular weight excluding hydrogens is 230 g/mol. The van der Waals surface area contributed by atoms with Gasteiger partial charge in [0, 0.05) is 23.0 Å². The Morgan fingerprint density at radius 2 is 1.76 bits per heavy atom. The molecule has 88 valence electrons. The van der Waals surface area contributed by atoms with E-state index in [9.17, 15) is 5.11 Å². The zero-order chi connectivity index (χ0) is 12.1. The highest BCUT2D eigenvalue weighted by Crippen LogP contribution is 2.24. The molecule has 0 saturated carbocycles. The summed E-state index contributed by atoms with van der Waals surface area (Å²) < 4.78 is 0. The van der Waals surface area contributed by atoms with Crippen molar-refractivity contribution in [3.63, 3.8) is 0 Å². The fourth-order valence-corrected chi connectivity index (χ4v) is 2.34. The summed E-state index contributed by atoms with van der Waals surface area (Å²) in [4.78, 5) is 5.21. The van der Waals surface area contributed by atoms with E-state index >= 15 is 0 Å². The first-order chi connectivity index (χ1) is 8.25. The van der Waals surface area contributed by atoms with Gasteiger partial charge in [0.15, 0.2) is 0 Å². The van der Waals surface area contributed by atoms with Crippen LogP contribution in [0.25, 0.3) is 0 Å². The van der Waals surface area contributed by atoms with Crippen LogP contribution in [-0.2, 0) is 5.75 Å². The van der Waals surface area contributed by atoms with Crippen molar-refractivity contribution in [3.8, 4) is 0 Å². The van der Waals surface area contributed by atoms with Crippen LogP contribution >= 0.6 is 11.8 Å². The van der Waals surface area contributed by atoms with Crippen molar-refractivity contribution in [3.05, 3.63) is 59.9 Å². The largest absolute Gasteiger partial charge is 0.389 e. The molecule has 1 aromatic carbocycles. The highest BCUT2D eigenvalue weighted by atomic mass is 32.2. The van der Waals surface area contributed by atoms with Gasteiger partial charge in [-0.05, 0) is 42.3 Å². The third-order valence-electron chi connectivity index (χ3n) is 2.52. The van der Waals surface area contributed by atoms with Crippen LogP contribution in [0.3, 0.4) is 0 Å². The molecule has 1 unspecified atom stereocenters. The van der Waals surface area contributed by atoms with E-state index in [1.165, 1.54) is 10.5 Å². The Morgan fingerprint density at radius 3 is 2.35 bits per heavy atom. The van der Waals surface area contributed by atoms with Gasteiger partial charge < -0.3 is 5.11 Å². The first-order valence-electron chi connectivity index (χ1n) is 5.55. The summed E-state index contributed by atoms with van der Waals surface area (Å²) in [5.74, 6) is 0.941. The van der Waals surface area contributed by atoms with E-state index in [4.69, 9.17) is 0 Å². The predicted octanol–water partition coefficient (Wildman–Crippen LogP) is 3.43. The Morgan fingerprint density at radius 1 is 1.12 bits per heavy atom. The molecule has 3 heteroatoms. The number of thioether (sulfide) groups is 1. The van der Waals surface area contributed by atoms with Gasteiger partial charge in [0.1, 0.15) is 0 Å². The zero-order valence-electron chi connectivity index (χ0n) is 9.71. The summed E-state index contributed by atoms with van der Waals surface area (Å²) in [6.45, 7) is 1.78. The molecule has 0 aliphatic heterocycles. The van der Waals surface area contributed by atoms with E-state index in [0.717, 1.165) is 11.3 Å². The maximum absolute atomic E-state index is 9.41. The van der Waals surface area contributed by atoms with Crippen LogP contribution < -0.4 is 0 Å². The number of hydrogen-bond donors (Lipinski definition) is 1. The molecule has 0 aliphatic rings. The lowest BCUT2D eigenvalue weighted by Crippen LogP contribution is -1.89. The SMILES string of the molecule is CC(O)c1ccc(SCc2ccncc2)cc1. The van der Waals surface area contributed by atoms with Crippen molar-refractivity contribution in [2.45, 2.75) is 23.7 Å². The summed E-state index contributed by atoms with van der Waals surface area (Å²) in [5, 5.41) is 9.41. The Balaban J connectivity index is 1.96. The molecule has 1 heterocycles. The zero-order valence-corrected chi connectivity index (χ0v) is 10.5. The molecule has 1 atom stereocenters. The molecular formula is C14H15NOS. The summed E-state index contributed by atoms with van der Waals surface area (Å²) in [5.41, 5.74) is 2.22. The number of benzene rings is 1. The highest BCUT2D eigenvalue weighted by molar-refractivity contribution is 7.98. The van der Waals surface area contributed by atoms with Crippen molar-refractivity contribution in [1.82, 2.24) is 4.98 Å². The lowest BCUT2D eigenvalue weighted by molar-refractivity contribution is 0.199. The Labute approximate surface area is 106 Å². The van der Waals surface area contributed by atoms with Gasteiger partial charge >= 0.3 is 0 Å². The van der Waals surface area contributed by atoms with Crippen LogP contribution in [0, 0.1) is 0 Å². The minimum absolute atomic E-state index is 0.394. The van der Waals surface area contributed by atoms with Crippen molar-refractivity contribution in [2.24, 2.45) is 0 Å². The Hall–Kier alpha value is -1.32. The minimum Gasteiger partial charge on any atom is -0.389 e. The monoisotopic (exact) mass is 245 g/mol. The number of pyridine rings is 1. The van der Waals surface area contributed by atoms with Crippen molar-refractivity contribution < 1.29 is 5.11 Å². The van der Waals surface area contributed by atoms with Gasteiger partial charge in [0.05, 0.1) is 6.10 Å². The third kappa shape index (κ3) is 3.58. The first-order valence-corrected chi connectivity index (χ1v) is 6.54. The summed E-state index contributed by atoms with van der Waals surface area (Å²) >= 11 is 1.78. The van der Waals surface area contributed by atoms with E-state index in [0.29, 0.717) is 0 Å². The number of hydrogen-bond acceptors (Lipinski definition) is 3. The molecule has 0 radical (unpaired) electrons. The molecule has 0 amide bonds. The molecule has 0 aliphatic carbocycles. The summed E-state index contributed by atoms with van der Waals surface area (Å²) in [6.07, 6.45) is 3.23. The lowest BCUT2D eigenvalue weighted by Gasteiger charge is -2.06. The number of nitrogens with zero attached hydrogens (tertiary/aromatic N) is 1. The second kappa shape index (κ2) is 5.84. The molecule has 1 N–H and O–H groups in total. The topological polar surface area (TPSA) is 33.1 Å². The second-order valence-electron chi connectivity index (χ2n) is 3.89.